The third-order valence-corrected chi connectivity index (χ3v) is 6.32. The van der Waals surface area contributed by atoms with Gasteiger partial charge >= 0.3 is 0 Å². The largest absolute Gasteiger partial charge is 0.497 e. The molecular formula is C19H22FNO4S. The minimum absolute atomic E-state index is 0.0361. The number of fused-ring (bicyclic) bond motifs is 1. The quantitative estimate of drug-likeness (QED) is 0.772. The highest BCUT2D eigenvalue weighted by Gasteiger charge is 2.32. The lowest BCUT2D eigenvalue weighted by molar-refractivity contribution is 0.339. The molecule has 1 aliphatic heterocycles. The lowest BCUT2D eigenvalue weighted by Crippen LogP contribution is -2.44. The third-order valence-electron chi connectivity index (χ3n) is 4.48. The Hall–Kier alpha value is -2.28. The van der Waals surface area contributed by atoms with E-state index in [-0.39, 0.29) is 24.2 Å². The highest BCUT2D eigenvalue weighted by atomic mass is 32.2. The van der Waals surface area contributed by atoms with Crippen LogP contribution in [0.1, 0.15) is 18.9 Å². The molecule has 0 fully saturated rings. The number of anilines is 1. The first kappa shape index (κ1) is 18.5. The Kier molecular flexibility index (Phi) is 5.36. The lowest BCUT2D eigenvalue weighted by Gasteiger charge is -2.36. The van der Waals surface area contributed by atoms with Crippen LogP contribution in [0.3, 0.4) is 0 Å². The summed E-state index contributed by atoms with van der Waals surface area (Å²) in [5.74, 6) is 0.782. The molecule has 3 rings (SSSR count). The van der Waals surface area contributed by atoms with E-state index in [1.807, 2.05) is 6.92 Å². The molecule has 0 amide bonds. The van der Waals surface area contributed by atoms with Crippen LogP contribution in [0.5, 0.6) is 11.5 Å². The van der Waals surface area contributed by atoms with E-state index in [0.717, 1.165) is 5.56 Å². The molecule has 140 valence electrons. The van der Waals surface area contributed by atoms with Crippen LogP contribution in [0.2, 0.25) is 0 Å². The Labute approximate surface area is 153 Å². The van der Waals surface area contributed by atoms with Crippen molar-refractivity contribution < 1.29 is 22.3 Å². The van der Waals surface area contributed by atoms with Gasteiger partial charge in [0.25, 0.3) is 0 Å². The first-order valence-electron chi connectivity index (χ1n) is 8.48. The number of methoxy groups -OCH3 is 1. The van der Waals surface area contributed by atoms with E-state index in [2.05, 4.69) is 0 Å². The highest BCUT2D eigenvalue weighted by molar-refractivity contribution is 7.92. The molecule has 1 atom stereocenters. The summed E-state index contributed by atoms with van der Waals surface area (Å²) in [6.07, 6.45) is 1.33. The van der Waals surface area contributed by atoms with Gasteiger partial charge in [-0.2, -0.15) is 0 Å². The summed E-state index contributed by atoms with van der Waals surface area (Å²) < 4.78 is 51.2. The maximum absolute atomic E-state index is 13.5. The molecule has 5 nitrogen and oxygen atoms in total. The van der Waals surface area contributed by atoms with Crippen LogP contribution in [-0.2, 0) is 16.4 Å². The van der Waals surface area contributed by atoms with Gasteiger partial charge < -0.3 is 9.47 Å². The minimum Gasteiger partial charge on any atom is -0.497 e. The molecule has 0 spiro atoms. The van der Waals surface area contributed by atoms with Crippen molar-refractivity contribution in [3.63, 3.8) is 0 Å². The molecular weight excluding hydrogens is 357 g/mol. The zero-order chi connectivity index (χ0) is 18.7. The van der Waals surface area contributed by atoms with Crippen molar-refractivity contribution in [1.29, 1.82) is 0 Å². The van der Waals surface area contributed by atoms with Gasteiger partial charge in [0.2, 0.25) is 10.0 Å². The van der Waals surface area contributed by atoms with Crippen LogP contribution in [0.25, 0.3) is 0 Å². The molecule has 1 aliphatic rings. The van der Waals surface area contributed by atoms with E-state index in [1.54, 1.807) is 37.4 Å². The summed E-state index contributed by atoms with van der Waals surface area (Å²) in [4.78, 5) is 0. The monoisotopic (exact) mass is 379 g/mol. The van der Waals surface area contributed by atoms with Crippen molar-refractivity contribution >= 4 is 15.7 Å². The summed E-state index contributed by atoms with van der Waals surface area (Å²) in [5, 5.41) is 0. The fraction of sp³-hybridized carbons (Fsp3) is 0.368. The Balaban J connectivity index is 1.71. The summed E-state index contributed by atoms with van der Waals surface area (Å²) >= 11 is 0. The Bertz CT molecular complexity index is 868. The second-order valence-corrected chi connectivity index (χ2v) is 8.26. The predicted molar refractivity (Wildman–Crippen MR) is 98.9 cm³/mol. The zero-order valence-corrected chi connectivity index (χ0v) is 15.6. The summed E-state index contributed by atoms with van der Waals surface area (Å²) in [7, 11) is -2.01. The van der Waals surface area contributed by atoms with E-state index in [0.29, 0.717) is 30.0 Å². The standard InChI is InChI=1S/C19H22FNO4S/c1-14-3-4-15-13-16(20)5-10-19(15)21(14)26(22,23)12-11-25-18-8-6-17(24-2)7-9-18/h5-10,13-14H,3-4,11-12H2,1-2H3. The Morgan fingerprint density at radius 2 is 1.85 bits per heavy atom. The van der Waals surface area contributed by atoms with Crippen LogP contribution in [0.15, 0.2) is 42.5 Å². The fourth-order valence-electron chi connectivity index (χ4n) is 3.15. The molecule has 0 aromatic heterocycles. The van der Waals surface area contributed by atoms with Gasteiger partial charge in [0.15, 0.2) is 0 Å². The van der Waals surface area contributed by atoms with E-state index < -0.39 is 10.0 Å². The molecule has 0 radical (unpaired) electrons. The van der Waals surface area contributed by atoms with Gasteiger partial charge in [-0.25, -0.2) is 12.8 Å². The van der Waals surface area contributed by atoms with Crippen molar-refractivity contribution in [3.05, 3.63) is 53.8 Å². The van der Waals surface area contributed by atoms with Gasteiger partial charge in [-0.3, -0.25) is 4.31 Å². The maximum atomic E-state index is 13.5. The second kappa shape index (κ2) is 7.53. The van der Waals surface area contributed by atoms with E-state index in [4.69, 9.17) is 9.47 Å². The van der Waals surface area contributed by atoms with Gasteiger partial charge in [-0.1, -0.05) is 0 Å². The average molecular weight is 379 g/mol. The first-order chi connectivity index (χ1) is 12.4. The number of hydrogen-bond acceptors (Lipinski definition) is 4. The number of ether oxygens (including phenoxy) is 2. The molecule has 0 saturated carbocycles. The summed E-state index contributed by atoms with van der Waals surface area (Å²) in [5.41, 5.74) is 1.29. The van der Waals surface area contributed by atoms with Crippen molar-refractivity contribution in [2.45, 2.75) is 25.8 Å². The third kappa shape index (κ3) is 3.93. The summed E-state index contributed by atoms with van der Waals surface area (Å²) in [6, 6.07) is 11.1. The second-order valence-electron chi connectivity index (χ2n) is 6.30. The maximum Gasteiger partial charge on any atom is 0.238 e. The van der Waals surface area contributed by atoms with Gasteiger partial charge in [0.1, 0.15) is 29.7 Å². The number of nitrogens with zero attached hydrogens (tertiary/aromatic N) is 1. The SMILES string of the molecule is COc1ccc(OCCS(=O)(=O)N2c3ccc(F)cc3CCC2C)cc1. The Morgan fingerprint density at radius 1 is 1.15 bits per heavy atom. The van der Waals surface area contributed by atoms with Crippen LogP contribution in [-0.4, -0.2) is 33.9 Å². The van der Waals surface area contributed by atoms with Crippen LogP contribution >= 0.6 is 0 Å². The number of benzene rings is 2. The van der Waals surface area contributed by atoms with Crippen molar-refractivity contribution in [3.8, 4) is 11.5 Å². The predicted octanol–water partition coefficient (Wildman–Crippen LogP) is 3.38. The van der Waals surface area contributed by atoms with E-state index in [1.165, 1.54) is 16.4 Å². The molecule has 26 heavy (non-hydrogen) atoms. The molecule has 2 aromatic rings. The van der Waals surface area contributed by atoms with Crippen molar-refractivity contribution in [1.82, 2.24) is 0 Å². The smallest absolute Gasteiger partial charge is 0.238 e. The molecule has 2 aromatic carbocycles. The normalized spacial score (nSPS) is 16.9. The molecule has 0 bridgehead atoms. The molecule has 0 aliphatic carbocycles. The van der Waals surface area contributed by atoms with E-state index >= 15 is 0 Å². The number of sulfonamides is 1. The fourth-order valence-corrected chi connectivity index (χ4v) is 4.77. The number of rotatable bonds is 6. The summed E-state index contributed by atoms with van der Waals surface area (Å²) in [6.45, 7) is 1.91. The highest BCUT2D eigenvalue weighted by Crippen LogP contribution is 2.33. The van der Waals surface area contributed by atoms with Crippen LogP contribution in [0, 0.1) is 5.82 Å². The van der Waals surface area contributed by atoms with Crippen LogP contribution < -0.4 is 13.8 Å². The van der Waals surface area contributed by atoms with Gasteiger partial charge in [-0.05, 0) is 67.8 Å². The molecule has 0 N–H and O–H groups in total. The van der Waals surface area contributed by atoms with Crippen molar-refractivity contribution in [2.24, 2.45) is 0 Å². The average Bonchev–Trinajstić information content (AvgIpc) is 2.62. The first-order valence-corrected chi connectivity index (χ1v) is 10.1. The van der Waals surface area contributed by atoms with Gasteiger partial charge in [-0.15, -0.1) is 0 Å². The van der Waals surface area contributed by atoms with Gasteiger partial charge in [0, 0.05) is 6.04 Å². The minimum atomic E-state index is -3.58. The molecule has 1 unspecified atom stereocenters. The molecule has 7 heteroatoms. The van der Waals surface area contributed by atoms with Crippen LogP contribution in [0.4, 0.5) is 10.1 Å². The number of aryl methyl sites for hydroxylation is 1. The van der Waals surface area contributed by atoms with Gasteiger partial charge in [0.05, 0.1) is 12.8 Å². The molecule has 0 saturated heterocycles. The zero-order valence-electron chi connectivity index (χ0n) is 14.8. The molecule has 1 heterocycles. The Morgan fingerprint density at radius 3 is 2.54 bits per heavy atom. The van der Waals surface area contributed by atoms with E-state index in [9.17, 15) is 12.8 Å². The van der Waals surface area contributed by atoms with Crippen molar-refractivity contribution in [2.75, 3.05) is 23.8 Å². The topological polar surface area (TPSA) is 55.8 Å². The number of hydrogen-bond donors (Lipinski definition) is 0. The lowest BCUT2D eigenvalue weighted by atomic mass is 9.99. The number of halogens is 1.